The van der Waals surface area contributed by atoms with E-state index < -0.39 is 104 Å². The van der Waals surface area contributed by atoms with Gasteiger partial charge in [-0.2, -0.15) is 26.3 Å². The van der Waals surface area contributed by atoms with Crippen LogP contribution in [0, 0.1) is 44.8 Å². The molecule has 0 amide bonds. The standard InChI is InChI=1S/C47H66F6O7/c1-28(35(40(7,8)9)31-21-23-33(24-22-31)45(57,46(48,49)50)47(51,52)53)29(2)44(15,38(56)59-34-25-26-58-36(34)54)41(10,11)30(3)43(14,27-39(4,5)6)37(55)60-42(12,13)32-19-17-16-18-20-32/h16-24,28-30,34-35,57H,25-27H2,1-15H3. The molecule has 2 aromatic rings. The number of carbonyl (C=O) groups excluding carboxylic acids is 3. The smallest absolute Gasteiger partial charge is 0.430 e. The molecule has 7 nitrogen and oxygen atoms in total. The van der Waals surface area contributed by atoms with Crippen molar-refractivity contribution in [1.29, 1.82) is 0 Å². The number of cyclic esters (lactones) is 1. The SMILES string of the molecule is CC(C(c1ccc(C(O)(C(F)(F)F)C(F)(F)F)cc1)C(C)(C)C)C(C)C(C)(C(=O)OC1CCOC1=O)C(C)(C)C(C)C(C)(CC(C)(C)C)C(=O)OC(C)(C)c1ccccc1. The Hall–Kier alpha value is -3.61. The summed E-state index contributed by atoms with van der Waals surface area (Å²) in [6, 6.07) is 12.9. The Morgan fingerprint density at radius 1 is 0.750 bits per heavy atom. The second kappa shape index (κ2) is 16.9. The summed E-state index contributed by atoms with van der Waals surface area (Å²) in [4.78, 5) is 42.6. The first-order chi connectivity index (χ1) is 26.9. The van der Waals surface area contributed by atoms with E-state index in [4.69, 9.17) is 14.2 Å². The summed E-state index contributed by atoms with van der Waals surface area (Å²) in [7, 11) is 0. The van der Waals surface area contributed by atoms with Crippen LogP contribution in [0.5, 0.6) is 0 Å². The minimum absolute atomic E-state index is 0.0613. The number of rotatable bonds is 14. The van der Waals surface area contributed by atoms with Crippen molar-refractivity contribution in [2.75, 3.05) is 6.61 Å². The lowest BCUT2D eigenvalue weighted by molar-refractivity contribution is -0.376. The number of halogens is 6. The molecule has 0 radical (unpaired) electrons. The Labute approximate surface area is 352 Å². The number of alkyl halides is 6. The van der Waals surface area contributed by atoms with Crippen LogP contribution in [0.1, 0.15) is 139 Å². The fourth-order valence-electron chi connectivity index (χ4n) is 9.69. The van der Waals surface area contributed by atoms with Crippen LogP contribution < -0.4 is 0 Å². The Bertz CT molecular complexity index is 1810. The minimum atomic E-state index is -6.06. The average Bonchev–Trinajstić information content (AvgIpc) is 3.51. The highest BCUT2D eigenvalue weighted by molar-refractivity contribution is 5.84. The first kappa shape index (κ1) is 50.7. The van der Waals surface area contributed by atoms with Crippen LogP contribution in [-0.4, -0.2) is 48.1 Å². The van der Waals surface area contributed by atoms with Gasteiger partial charge in [-0.3, -0.25) is 9.59 Å². The van der Waals surface area contributed by atoms with E-state index in [9.17, 15) is 41.0 Å². The molecule has 1 aliphatic rings. The zero-order valence-electron chi connectivity index (χ0n) is 37.9. The third kappa shape index (κ3) is 9.71. The molecule has 7 atom stereocenters. The maximum Gasteiger partial charge on any atom is 0.430 e. The predicted octanol–water partition coefficient (Wildman–Crippen LogP) is 11.8. The Morgan fingerprint density at radius 3 is 1.67 bits per heavy atom. The van der Waals surface area contributed by atoms with Gasteiger partial charge < -0.3 is 19.3 Å². The molecule has 1 aliphatic heterocycles. The summed E-state index contributed by atoms with van der Waals surface area (Å²) < 4.78 is 101. The third-order valence-electron chi connectivity index (χ3n) is 13.8. The van der Waals surface area contributed by atoms with E-state index in [-0.39, 0.29) is 13.0 Å². The van der Waals surface area contributed by atoms with Gasteiger partial charge in [0.15, 0.2) is 0 Å². The molecule has 7 unspecified atom stereocenters. The van der Waals surface area contributed by atoms with Gasteiger partial charge in [-0.15, -0.1) is 0 Å². The molecule has 60 heavy (non-hydrogen) atoms. The molecule has 338 valence electrons. The summed E-state index contributed by atoms with van der Waals surface area (Å²) in [6.45, 7) is 28.3. The van der Waals surface area contributed by atoms with Crippen molar-refractivity contribution in [3.63, 3.8) is 0 Å². The topological polar surface area (TPSA) is 99.1 Å². The van der Waals surface area contributed by atoms with Crippen molar-refractivity contribution >= 4 is 17.9 Å². The van der Waals surface area contributed by atoms with E-state index in [1.807, 2.05) is 127 Å². The summed E-state index contributed by atoms with van der Waals surface area (Å²) in [5.74, 6) is -4.33. The van der Waals surface area contributed by atoms with Crippen molar-refractivity contribution in [1.82, 2.24) is 0 Å². The minimum Gasteiger partial charge on any atom is -0.463 e. The molecule has 0 aliphatic carbocycles. The number of hydrogen-bond donors (Lipinski definition) is 1. The van der Waals surface area contributed by atoms with Gasteiger partial charge in [0.2, 0.25) is 6.10 Å². The van der Waals surface area contributed by atoms with Crippen molar-refractivity contribution in [2.45, 2.75) is 152 Å². The first-order valence-corrected chi connectivity index (χ1v) is 20.5. The number of benzene rings is 2. The molecule has 1 fully saturated rings. The molecular formula is C47H66F6O7. The molecule has 3 rings (SSSR count). The maximum absolute atomic E-state index is 15.0. The van der Waals surface area contributed by atoms with Crippen LogP contribution >= 0.6 is 0 Å². The van der Waals surface area contributed by atoms with Crippen LogP contribution in [0.2, 0.25) is 0 Å². The fraction of sp³-hybridized carbons (Fsp3) is 0.681. The molecule has 0 bridgehead atoms. The average molecular weight is 857 g/mol. The van der Waals surface area contributed by atoms with E-state index >= 15 is 4.79 Å². The second-order valence-electron chi connectivity index (χ2n) is 20.7. The molecule has 13 heteroatoms. The number of ether oxygens (including phenoxy) is 3. The molecule has 1 heterocycles. The molecule has 0 aromatic heterocycles. The Morgan fingerprint density at radius 2 is 1.25 bits per heavy atom. The van der Waals surface area contributed by atoms with Gasteiger partial charge >= 0.3 is 30.3 Å². The normalized spacial score (nSPS) is 20.2. The van der Waals surface area contributed by atoms with E-state index in [0.29, 0.717) is 24.1 Å². The number of aliphatic hydroxyl groups is 1. The van der Waals surface area contributed by atoms with Gasteiger partial charge in [0.25, 0.3) is 5.60 Å². The quantitative estimate of drug-likeness (QED) is 0.115. The second-order valence-corrected chi connectivity index (χ2v) is 20.7. The molecule has 2 aromatic carbocycles. The van der Waals surface area contributed by atoms with Gasteiger partial charge in [-0.25, -0.2) is 4.79 Å². The van der Waals surface area contributed by atoms with Gasteiger partial charge in [-0.05, 0) is 85.2 Å². The highest BCUT2D eigenvalue weighted by Gasteiger charge is 2.71. The zero-order valence-corrected chi connectivity index (χ0v) is 37.9. The van der Waals surface area contributed by atoms with Crippen molar-refractivity contribution in [3.8, 4) is 0 Å². The molecule has 0 spiro atoms. The first-order valence-electron chi connectivity index (χ1n) is 20.5. The van der Waals surface area contributed by atoms with E-state index in [0.717, 1.165) is 17.7 Å². The van der Waals surface area contributed by atoms with E-state index in [2.05, 4.69) is 0 Å². The Balaban J connectivity index is 2.26. The molecule has 1 N–H and O–H groups in total. The van der Waals surface area contributed by atoms with E-state index in [1.54, 1.807) is 6.92 Å². The van der Waals surface area contributed by atoms with Crippen LogP contribution in [0.25, 0.3) is 0 Å². The van der Waals surface area contributed by atoms with Crippen LogP contribution in [0.4, 0.5) is 26.3 Å². The third-order valence-corrected chi connectivity index (χ3v) is 13.8. The lowest BCUT2D eigenvalue weighted by Crippen LogP contribution is -2.58. The van der Waals surface area contributed by atoms with E-state index in [1.165, 1.54) is 0 Å². The summed E-state index contributed by atoms with van der Waals surface area (Å²) in [6.07, 6.45) is -12.8. The van der Waals surface area contributed by atoms with Crippen molar-refractivity contribution in [2.24, 2.45) is 44.8 Å². The largest absolute Gasteiger partial charge is 0.463 e. The maximum atomic E-state index is 15.0. The van der Waals surface area contributed by atoms with Gasteiger partial charge in [0, 0.05) is 12.0 Å². The van der Waals surface area contributed by atoms with Crippen molar-refractivity contribution < 1.29 is 60.0 Å². The monoisotopic (exact) mass is 856 g/mol. The van der Waals surface area contributed by atoms with Gasteiger partial charge in [-0.1, -0.05) is 131 Å². The highest BCUT2D eigenvalue weighted by Crippen LogP contribution is 2.61. The number of esters is 3. The van der Waals surface area contributed by atoms with Crippen LogP contribution in [-0.2, 0) is 39.8 Å². The van der Waals surface area contributed by atoms with Gasteiger partial charge in [0.1, 0.15) is 5.60 Å². The Kier molecular flexibility index (Phi) is 14.3. The fourth-order valence-corrected chi connectivity index (χ4v) is 9.69. The summed E-state index contributed by atoms with van der Waals surface area (Å²) >= 11 is 0. The van der Waals surface area contributed by atoms with Gasteiger partial charge in [0.05, 0.1) is 17.4 Å². The molecular weight excluding hydrogens is 790 g/mol. The molecule has 0 saturated carbocycles. The van der Waals surface area contributed by atoms with Crippen molar-refractivity contribution in [3.05, 3.63) is 71.3 Å². The predicted molar refractivity (Wildman–Crippen MR) is 217 cm³/mol. The number of hydrogen-bond acceptors (Lipinski definition) is 7. The molecule has 1 saturated heterocycles. The highest BCUT2D eigenvalue weighted by atomic mass is 19.4. The lowest BCUT2D eigenvalue weighted by atomic mass is 9.47. The summed E-state index contributed by atoms with van der Waals surface area (Å²) in [5.41, 5.74) is -11.3. The lowest BCUT2D eigenvalue weighted by Gasteiger charge is -2.56. The van der Waals surface area contributed by atoms with Crippen LogP contribution in [0.15, 0.2) is 54.6 Å². The summed E-state index contributed by atoms with van der Waals surface area (Å²) in [5, 5.41) is 10.1. The van der Waals surface area contributed by atoms with Crippen LogP contribution in [0.3, 0.4) is 0 Å². The zero-order chi connectivity index (χ0) is 46.5. The number of carbonyl (C=O) groups is 3.